The fourth-order valence-electron chi connectivity index (χ4n) is 3.55. The maximum absolute atomic E-state index is 14.3. The van der Waals surface area contributed by atoms with E-state index in [-0.39, 0.29) is 35.9 Å². The Kier molecular flexibility index (Phi) is 9.56. The number of aryl methyl sites for hydroxylation is 2. The Balaban J connectivity index is 2.56. The van der Waals surface area contributed by atoms with Crippen LogP contribution in [0.1, 0.15) is 28.7 Å². The first-order valence-corrected chi connectivity index (χ1v) is 11.1. The number of amides is 1. The molecule has 0 spiro atoms. The minimum absolute atomic E-state index is 0.0368. The van der Waals surface area contributed by atoms with Gasteiger partial charge in [-0.25, -0.2) is 0 Å². The molecule has 2 rings (SSSR count). The summed E-state index contributed by atoms with van der Waals surface area (Å²) >= 11 is 0. The van der Waals surface area contributed by atoms with Crippen molar-refractivity contribution in [1.82, 2.24) is 0 Å². The van der Waals surface area contributed by atoms with Gasteiger partial charge in [0.05, 0.1) is 21.6 Å². The van der Waals surface area contributed by atoms with E-state index in [9.17, 15) is 63.2 Å². The lowest BCUT2D eigenvalue weighted by Crippen LogP contribution is -2.46. The number of alkyl halides is 11. The van der Waals surface area contributed by atoms with Crippen molar-refractivity contribution >= 4 is 23.0 Å². The summed E-state index contributed by atoms with van der Waals surface area (Å²) in [5.41, 5.74) is -8.34. The molecule has 1 amide bonds. The standard InChI is InChI=1S/C24H18F11N3O3/c1-12-8-13(6-7-18(12)38(40)41)4-3-5-17(19(36-2)21(25,26)24(33,34)35)20(39)37-16-10-14(22(27,28)29)9-15(11-16)23(30,31)32/h5-11H,3-4H2,1-2H3,(H,37,39)/b17-5+,36-19+. The fraction of sp³-hybridized carbons (Fsp3) is 0.333. The van der Waals surface area contributed by atoms with Crippen LogP contribution in [0.25, 0.3) is 0 Å². The third-order valence-electron chi connectivity index (χ3n) is 5.46. The third-order valence-corrected chi connectivity index (χ3v) is 5.46. The molecule has 0 fully saturated rings. The van der Waals surface area contributed by atoms with Crippen LogP contribution in [0.4, 0.5) is 59.7 Å². The minimum Gasteiger partial charge on any atom is -0.322 e. The molecule has 2 aromatic rings. The van der Waals surface area contributed by atoms with E-state index in [1.165, 1.54) is 24.4 Å². The number of allylic oxidation sites excluding steroid dienone is 1. The summed E-state index contributed by atoms with van der Waals surface area (Å²) in [5.74, 6) is -7.65. The van der Waals surface area contributed by atoms with Gasteiger partial charge in [-0.2, -0.15) is 48.3 Å². The maximum Gasteiger partial charge on any atom is 0.459 e. The number of nitro benzene ring substituents is 1. The first-order chi connectivity index (χ1) is 18.6. The van der Waals surface area contributed by atoms with Gasteiger partial charge in [0.2, 0.25) is 0 Å². The first kappa shape index (κ1) is 33.2. The van der Waals surface area contributed by atoms with E-state index < -0.39 is 69.8 Å². The lowest BCUT2D eigenvalue weighted by Gasteiger charge is -2.23. The van der Waals surface area contributed by atoms with Crippen LogP contribution >= 0.6 is 0 Å². The topological polar surface area (TPSA) is 84.6 Å². The molecule has 224 valence electrons. The summed E-state index contributed by atoms with van der Waals surface area (Å²) in [5, 5.41) is 12.5. The van der Waals surface area contributed by atoms with Gasteiger partial charge < -0.3 is 5.32 Å². The van der Waals surface area contributed by atoms with Crippen LogP contribution in [0, 0.1) is 17.0 Å². The lowest BCUT2D eigenvalue weighted by molar-refractivity contribution is -0.385. The van der Waals surface area contributed by atoms with E-state index in [0.717, 1.165) is 6.07 Å². The molecule has 0 aliphatic rings. The second kappa shape index (κ2) is 11.8. The van der Waals surface area contributed by atoms with E-state index in [1.54, 1.807) is 0 Å². The molecule has 0 radical (unpaired) electrons. The summed E-state index contributed by atoms with van der Waals surface area (Å²) in [6.07, 6.45) is -17.1. The summed E-state index contributed by atoms with van der Waals surface area (Å²) in [6, 6.07) is 3.45. The van der Waals surface area contributed by atoms with Gasteiger partial charge in [0.1, 0.15) is 5.71 Å². The smallest absolute Gasteiger partial charge is 0.322 e. The quantitative estimate of drug-likeness (QED) is 0.110. The Morgan fingerprint density at radius 2 is 1.46 bits per heavy atom. The Morgan fingerprint density at radius 1 is 0.927 bits per heavy atom. The average molecular weight is 605 g/mol. The van der Waals surface area contributed by atoms with Crippen LogP contribution in [0.15, 0.2) is 53.0 Å². The molecular weight excluding hydrogens is 587 g/mol. The molecule has 1 N–H and O–H groups in total. The molecule has 0 atom stereocenters. The predicted octanol–water partition coefficient (Wildman–Crippen LogP) is 7.71. The maximum atomic E-state index is 14.3. The molecule has 2 aromatic carbocycles. The normalized spacial score (nSPS) is 13.8. The molecule has 0 saturated carbocycles. The van der Waals surface area contributed by atoms with Crippen molar-refractivity contribution < 1.29 is 58.0 Å². The molecule has 0 saturated heterocycles. The second-order valence-corrected chi connectivity index (χ2v) is 8.43. The van der Waals surface area contributed by atoms with Gasteiger partial charge in [0.15, 0.2) is 0 Å². The van der Waals surface area contributed by atoms with Gasteiger partial charge in [-0.15, -0.1) is 0 Å². The Bertz CT molecular complexity index is 1340. The number of anilines is 1. The molecule has 0 aromatic heterocycles. The number of nitrogens with one attached hydrogen (secondary N) is 1. The molecule has 0 aliphatic heterocycles. The largest absolute Gasteiger partial charge is 0.459 e. The Hall–Kier alpha value is -4.05. The van der Waals surface area contributed by atoms with Gasteiger partial charge in [-0.1, -0.05) is 12.1 Å². The van der Waals surface area contributed by atoms with Crippen LogP contribution in [0.2, 0.25) is 0 Å². The number of halogens is 11. The zero-order valence-corrected chi connectivity index (χ0v) is 20.7. The van der Waals surface area contributed by atoms with Crippen molar-refractivity contribution in [3.8, 4) is 0 Å². The highest BCUT2D eigenvalue weighted by Gasteiger charge is 2.62. The number of carbonyl (C=O) groups is 1. The number of nitrogens with zero attached hydrogens (tertiary/aromatic N) is 2. The van der Waals surface area contributed by atoms with E-state index in [1.807, 2.05) is 0 Å². The van der Waals surface area contributed by atoms with Crippen molar-refractivity contribution in [3.05, 3.63) is 80.4 Å². The molecular formula is C24H18F11N3O3. The van der Waals surface area contributed by atoms with Gasteiger partial charge >= 0.3 is 24.5 Å². The monoisotopic (exact) mass is 605 g/mol. The van der Waals surface area contributed by atoms with E-state index in [4.69, 9.17) is 0 Å². The number of hydrogen-bond donors (Lipinski definition) is 1. The number of aliphatic imine (C=N–C) groups is 1. The molecule has 0 heterocycles. The van der Waals surface area contributed by atoms with Crippen LogP contribution < -0.4 is 5.32 Å². The molecule has 0 unspecified atom stereocenters. The van der Waals surface area contributed by atoms with Gasteiger partial charge in [-0.3, -0.25) is 19.9 Å². The number of nitro groups is 1. The highest BCUT2D eigenvalue weighted by atomic mass is 19.4. The van der Waals surface area contributed by atoms with Gasteiger partial charge in [0, 0.05) is 24.4 Å². The summed E-state index contributed by atoms with van der Waals surface area (Å²) < 4.78 is 147. The molecule has 17 heteroatoms. The molecule has 6 nitrogen and oxygen atoms in total. The van der Waals surface area contributed by atoms with Crippen LogP contribution in [-0.4, -0.2) is 35.7 Å². The Labute approximate surface area is 223 Å². The predicted molar refractivity (Wildman–Crippen MR) is 124 cm³/mol. The molecule has 0 bridgehead atoms. The average Bonchev–Trinajstić information content (AvgIpc) is 2.81. The third kappa shape index (κ3) is 8.00. The zero-order chi connectivity index (χ0) is 31.6. The molecule has 41 heavy (non-hydrogen) atoms. The van der Waals surface area contributed by atoms with E-state index in [2.05, 4.69) is 4.99 Å². The number of carbonyl (C=O) groups excluding carboxylic acids is 1. The number of benzene rings is 2. The Morgan fingerprint density at radius 3 is 1.88 bits per heavy atom. The van der Waals surface area contributed by atoms with E-state index in [0.29, 0.717) is 18.7 Å². The fourth-order valence-corrected chi connectivity index (χ4v) is 3.55. The zero-order valence-electron chi connectivity index (χ0n) is 20.7. The number of hydrogen-bond acceptors (Lipinski definition) is 4. The van der Waals surface area contributed by atoms with Gasteiger partial charge in [-0.05, 0) is 49.6 Å². The van der Waals surface area contributed by atoms with Crippen LogP contribution in [0.3, 0.4) is 0 Å². The van der Waals surface area contributed by atoms with E-state index >= 15 is 0 Å². The van der Waals surface area contributed by atoms with Crippen LogP contribution in [0.5, 0.6) is 0 Å². The van der Waals surface area contributed by atoms with Crippen LogP contribution in [-0.2, 0) is 23.6 Å². The highest BCUT2D eigenvalue weighted by Crippen LogP contribution is 2.40. The SMILES string of the molecule is C/N=C(\C(=C/CCc1ccc([N+](=O)[O-])c(C)c1)C(=O)Nc1cc(C(F)(F)F)cc(C(F)(F)F)c1)C(F)(F)C(F)(F)F. The summed E-state index contributed by atoms with van der Waals surface area (Å²) in [7, 11) is 0.474. The number of rotatable bonds is 8. The van der Waals surface area contributed by atoms with Crippen molar-refractivity contribution in [3.63, 3.8) is 0 Å². The van der Waals surface area contributed by atoms with Crippen molar-refractivity contribution in [1.29, 1.82) is 0 Å². The van der Waals surface area contributed by atoms with Crippen molar-refractivity contribution in [2.24, 2.45) is 4.99 Å². The van der Waals surface area contributed by atoms with Gasteiger partial charge in [0.25, 0.3) is 11.6 Å². The lowest BCUT2D eigenvalue weighted by atomic mass is 9.99. The van der Waals surface area contributed by atoms with Crippen molar-refractivity contribution in [2.45, 2.75) is 44.2 Å². The second-order valence-electron chi connectivity index (χ2n) is 8.43. The van der Waals surface area contributed by atoms with Crippen molar-refractivity contribution in [2.75, 3.05) is 12.4 Å². The first-order valence-electron chi connectivity index (χ1n) is 11.1. The summed E-state index contributed by atoms with van der Waals surface area (Å²) in [6.45, 7) is 1.37. The molecule has 0 aliphatic carbocycles. The summed E-state index contributed by atoms with van der Waals surface area (Å²) in [4.78, 5) is 25.9. The minimum atomic E-state index is -6.28. The highest BCUT2D eigenvalue weighted by molar-refractivity contribution is 6.27.